The Balaban J connectivity index is 2.11. The number of rotatable bonds is 3. The summed E-state index contributed by atoms with van der Waals surface area (Å²) in [6, 6.07) is 4.51. The first kappa shape index (κ1) is 11.9. The van der Waals surface area contributed by atoms with Crippen LogP contribution >= 0.6 is 0 Å². The molecule has 0 aliphatic heterocycles. The molecule has 1 aromatic rings. The molecular formula is C12H16FN3O. The molecule has 2 rings (SSSR count). The zero-order valence-corrected chi connectivity index (χ0v) is 9.66. The van der Waals surface area contributed by atoms with Crippen LogP contribution in [0.5, 0.6) is 0 Å². The van der Waals surface area contributed by atoms with Crippen LogP contribution in [-0.2, 0) is 0 Å². The molecule has 4 N–H and O–H groups in total. The SMILES string of the molecule is CC1CC(NC(=O)c2cccc(F)c2NN)C1. The van der Waals surface area contributed by atoms with Crippen molar-refractivity contribution in [1.82, 2.24) is 5.32 Å². The normalized spacial score (nSPS) is 22.8. The van der Waals surface area contributed by atoms with E-state index in [1.165, 1.54) is 12.1 Å². The van der Waals surface area contributed by atoms with E-state index in [2.05, 4.69) is 17.7 Å². The fourth-order valence-corrected chi connectivity index (χ4v) is 2.14. The Morgan fingerprint density at radius 2 is 2.18 bits per heavy atom. The van der Waals surface area contributed by atoms with Crippen LogP contribution in [0, 0.1) is 11.7 Å². The second-order valence-corrected chi connectivity index (χ2v) is 4.55. The second kappa shape index (κ2) is 4.71. The number of anilines is 1. The number of nitrogens with one attached hydrogen (secondary N) is 2. The molecule has 0 spiro atoms. The van der Waals surface area contributed by atoms with Crippen LogP contribution in [0.25, 0.3) is 0 Å². The lowest BCUT2D eigenvalue weighted by Gasteiger charge is -2.33. The zero-order chi connectivity index (χ0) is 12.4. The third-order valence-electron chi connectivity index (χ3n) is 3.11. The van der Waals surface area contributed by atoms with Crippen LogP contribution in [0.1, 0.15) is 30.1 Å². The van der Waals surface area contributed by atoms with Gasteiger partial charge in [-0.3, -0.25) is 10.6 Å². The minimum absolute atomic E-state index is 0.0392. The van der Waals surface area contributed by atoms with Gasteiger partial charge in [0.05, 0.1) is 11.3 Å². The van der Waals surface area contributed by atoms with Gasteiger partial charge in [-0.25, -0.2) is 4.39 Å². The Bertz CT molecular complexity index is 430. The molecule has 0 unspecified atom stereocenters. The zero-order valence-electron chi connectivity index (χ0n) is 9.66. The van der Waals surface area contributed by atoms with Crippen molar-refractivity contribution in [3.8, 4) is 0 Å². The third-order valence-corrected chi connectivity index (χ3v) is 3.11. The Morgan fingerprint density at radius 3 is 2.76 bits per heavy atom. The standard InChI is InChI=1S/C12H16FN3O/c1-7-5-8(6-7)15-12(17)9-3-2-4-10(13)11(9)16-14/h2-4,7-8,16H,5-6,14H2,1H3,(H,15,17). The molecule has 0 bridgehead atoms. The fourth-order valence-electron chi connectivity index (χ4n) is 2.14. The molecule has 17 heavy (non-hydrogen) atoms. The summed E-state index contributed by atoms with van der Waals surface area (Å²) in [7, 11) is 0. The topological polar surface area (TPSA) is 67.2 Å². The lowest BCUT2D eigenvalue weighted by atomic mass is 9.82. The molecule has 1 aliphatic carbocycles. The van der Waals surface area contributed by atoms with E-state index >= 15 is 0 Å². The molecule has 1 amide bonds. The van der Waals surface area contributed by atoms with E-state index in [1.807, 2.05) is 0 Å². The van der Waals surface area contributed by atoms with E-state index < -0.39 is 5.82 Å². The predicted molar refractivity (Wildman–Crippen MR) is 63.9 cm³/mol. The molecule has 0 heterocycles. The van der Waals surface area contributed by atoms with Gasteiger partial charge in [0.1, 0.15) is 5.82 Å². The Labute approximate surface area is 99.4 Å². The summed E-state index contributed by atoms with van der Waals surface area (Å²) < 4.78 is 13.4. The van der Waals surface area contributed by atoms with E-state index in [0.29, 0.717) is 5.92 Å². The van der Waals surface area contributed by atoms with Gasteiger partial charge in [-0.05, 0) is 30.9 Å². The molecule has 1 aromatic carbocycles. The molecule has 0 radical (unpaired) electrons. The number of amides is 1. The molecule has 5 heteroatoms. The summed E-state index contributed by atoms with van der Waals surface area (Å²) in [6.45, 7) is 2.14. The Morgan fingerprint density at radius 1 is 1.47 bits per heavy atom. The number of nitrogen functional groups attached to an aromatic ring is 1. The van der Waals surface area contributed by atoms with Gasteiger partial charge in [-0.2, -0.15) is 0 Å². The third kappa shape index (κ3) is 2.39. The van der Waals surface area contributed by atoms with E-state index in [4.69, 9.17) is 5.84 Å². The van der Waals surface area contributed by atoms with Gasteiger partial charge in [-0.1, -0.05) is 13.0 Å². The Hall–Kier alpha value is -1.62. The van der Waals surface area contributed by atoms with Gasteiger partial charge < -0.3 is 10.7 Å². The van der Waals surface area contributed by atoms with Crippen LogP contribution < -0.4 is 16.6 Å². The Kier molecular flexibility index (Phi) is 3.28. The van der Waals surface area contributed by atoms with Gasteiger partial charge in [0.2, 0.25) is 0 Å². The van der Waals surface area contributed by atoms with E-state index in [0.717, 1.165) is 12.8 Å². The maximum absolute atomic E-state index is 13.4. The number of carbonyl (C=O) groups is 1. The molecule has 0 saturated heterocycles. The van der Waals surface area contributed by atoms with Crippen molar-refractivity contribution in [3.05, 3.63) is 29.6 Å². The van der Waals surface area contributed by atoms with Gasteiger partial charge in [0, 0.05) is 6.04 Å². The summed E-state index contributed by atoms with van der Waals surface area (Å²) in [5, 5.41) is 2.86. The van der Waals surface area contributed by atoms with Crippen LogP contribution in [0.2, 0.25) is 0 Å². The van der Waals surface area contributed by atoms with Gasteiger partial charge in [0.15, 0.2) is 0 Å². The van der Waals surface area contributed by atoms with Crippen molar-refractivity contribution >= 4 is 11.6 Å². The van der Waals surface area contributed by atoms with Crippen LogP contribution in [0.4, 0.5) is 10.1 Å². The molecule has 1 aliphatic rings. The first-order valence-corrected chi connectivity index (χ1v) is 5.67. The van der Waals surface area contributed by atoms with Crippen molar-refractivity contribution in [2.24, 2.45) is 11.8 Å². The second-order valence-electron chi connectivity index (χ2n) is 4.55. The predicted octanol–water partition coefficient (Wildman–Crippen LogP) is 1.64. The number of nitrogens with two attached hydrogens (primary N) is 1. The molecule has 92 valence electrons. The van der Waals surface area contributed by atoms with Crippen LogP contribution in [-0.4, -0.2) is 11.9 Å². The summed E-state index contributed by atoms with van der Waals surface area (Å²) in [6.07, 6.45) is 1.96. The maximum atomic E-state index is 13.4. The molecule has 1 fully saturated rings. The van der Waals surface area contributed by atoms with Gasteiger partial charge in [-0.15, -0.1) is 0 Å². The fraction of sp³-hybridized carbons (Fsp3) is 0.417. The maximum Gasteiger partial charge on any atom is 0.253 e. The number of halogens is 1. The molecule has 0 aromatic heterocycles. The number of hydrogen-bond donors (Lipinski definition) is 3. The quantitative estimate of drug-likeness (QED) is 0.553. The van der Waals surface area contributed by atoms with Crippen molar-refractivity contribution in [1.29, 1.82) is 0 Å². The number of hydrogen-bond acceptors (Lipinski definition) is 3. The highest BCUT2D eigenvalue weighted by atomic mass is 19.1. The molecule has 1 saturated carbocycles. The van der Waals surface area contributed by atoms with Gasteiger partial charge in [0.25, 0.3) is 5.91 Å². The van der Waals surface area contributed by atoms with Crippen molar-refractivity contribution in [2.45, 2.75) is 25.8 Å². The largest absolute Gasteiger partial charge is 0.349 e. The minimum Gasteiger partial charge on any atom is -0.349 e. The van der Waals surface area contributed by atoms with Crippen LogP contribution in [0.3, 0.4) is 0 Å². The summed E-state index contributed by atoms with van der Waals surface area (Å²) >= 11 is 0. The highest BCUT2D eigenvalue weighted by Gasteiger charge is 2.27. The highest BCUT2D eigenvalue weighted by molar-refractivity contribution is 5.99. The first-order chi connectivity index (χ1) is 8.11. The summed E-state index contributed by atoms with van der Waals surface area (Å²) in [5.74, 6) is 5.06. The first-order valence-electron chi connectivity index (χ1n) is 5.67. The van der Waals surface area contributed by atoms with Crippen molar-refractivity contribution in [3.63, 3.8) is 0 Å². The smallest absolute Gasteiger partial charge is 0.253 e. The highest BCUT2D eigenvalue weighted by Crippen LogP contribution is 2.27. The number of benzene rings is 1. The molecule has 0 atom stereocenters. The van der Waals surface area contributed by atoms with E-state index in [-0.39, 0.29) is 23.2 Å². The number of para-hydroxylation sites is 1. The summed E-state index contributed by atoms with van der Waals surface area (Å²) in [4.78, 5) is 11.9. The van der Waals surface area contributed by atoms with Crippen molar-refractivity contribution < 1.29 is 9.18 Å². The lowest BCUT2D eigenvalue weighted by molar-refractivity contribution is 0.0896. The number of hydrazine groups is 1. The summed E-state index contributed by atoms with van der Waals surface area (Å²) in [5.41, 5.74) is 2.51. The van der Waals surface area contributed by atoms with Crippen molar-refractivity contribution in [2.75, 3.05) is 5.43 Å². The minimum atomic E-state index is -0.526. The lowest BCUT2D eigenvalue weighted by Crippen LogP contribution is -2.43. The van der Waals surface area contributed by atoms with E-state index in [9.17, 15) is 9.18 Å². The molecule has 4 nitrogen and oxygen atoms in total. The molecular weight excluding hydrogens is 221 g/mol. The average molecular weight is 237 g/mol. The monoisotopic (exact) mass is 237 g/mol. The average Bonchev–Trinajstić information content (AvgIpc) is 2.26. The van der Waals surface area contributed by atoms with E-state index in [1.54, 1.807) is 6.07 Å². The van der Waals surface area contributed by atoms with Gasteiger partial charge >= 0.3 is 0 Å². The number of carbonyl (C=O) groups excluding carboxylic acids is 1. The van der Waals surface area contributed by atoms with Crippen LogP contribution in [0.15, 0.2) is 18.2 Å².